The Balaban J connectivity index is 2.11. The third-order valence-electron chi connectivity index (χ3n) is 3.93. The zero-order valence-corrected chi connectivity index (χ0v) is 10.0. The van der Waals surface area contributed by atoms with Gasteiger partial charge in [0.05, 0.1) is 12.7 Å². The summed E-state index contributed by atoms with van der Waals surface area (Å²) in [5.74, 6) is 0. The summed E-state index contributed by atoms with van der Waals surface area (Å²) < 4.78 is 5.80. The number of aryl methyl sites for hydroxylation is 1. The van der Waals surface area contributed by atoms with E-state index in [2.05, 4.69) is 10.9 Å². The van der Waals surface area contributed by atoms with E-state index < -0.39 is 0 Å². The van der Waals surface area contributed by atoms with Gasteiger partial charge in [-0.1, -0.05) is 12.1 Å². The Morgan fingerprint density at radius 3 is 2.82 bits per heavy atom. The van der Waals surface area contributed by atoms with E-state index >= 15 is 0 Å². The van der Waals surface area contributed by atoms with Crippen LogP contribution >= 0.6 is 0 Å². The van der Waals surface area contributed by atoms with Crippen LogP contribution in [-0.4, -0.2) is 6.61 Å². The Labute approximate surface area is 102 Å². The summed E-state index contributed by atoms with van der Waals surface area (Å²) in [5, 5.41) is 0. The molecule has 2 nitrogen and oxygen atoms in total. The minimum Gasteiger partial charge on any atom is -0.375 e. The molecule has 0 aromatic heterocycles. The van der Waals surface area contributed by atoms with Gasteiger partial charge in [0.25, 0.3) is 0 Å². The molecule has 3 rings (SSSR count). The lowest BCUT2D eigenvalue weighted by Crippen LogP contribution is -2.09. The zero-order valence-electron chi connectivity index (χ0n) is 10.0. The molecule has 1 aromatic carbocycles. The molecule has 1 aliphatic carbocycles. The van der Waals surface area contributed by atoms with Crippen molar-refractivity contribution >= 4 is 5.69 Å². The van der Waals surface area contributed by atoms with Crippen LogP contribution in [0.1, 0.15) is 48.5 Å². The first-order valence-corrected chi connectivity index (χ1v) is 6.54. The average molecular weight is 227 g/mol. The lowest BCUT2D eigenvalue weighted by molar-refractivity contribution is 0.111. The molecule has 0 saturated carbocycles. The van der Waals surface area contributed by atoms with Gasteiger partial charge in [0.2, 0.25) is 0 Å². The number of benzene rings is 1. The molecular weight excluding hydrogens is 210 g/mol. The molecule has 1 aliphatic heterocycles. The van der Waals surface area contributed by atoms with Crippen LogP contribution in [-0.2, 0) is 17.6 Å². The van der Waals surface area contributed by atoms with Crippen LogP contribution in [0.5, 0.6) is 0 Å². The van der Waals surface area contributed by atoms with Gasteiger partial charge < -0.3 is 4.74 Å². The van der Waals surface area contributed by atoms with Crippen LogP contribution in [0.2, 0.25) is 0 Å². The maximum Gasteiger partial charge on any atom is 0.193 e. The predicted octanol–water partition coefficient (Wildman–Crippen LogP) is 3.97. The summed E-state index contributed by atoms with van der Waals surface area (Å²) in [5.41, 5.74) is 4.91. The maximum atomic E-state index is 7.34. The second kappa shape index (κ2) is 4.50. The minimum atomic E-state index is 0.187. The number of hydrogen-bond donors (Lipinski definition) is 0. The van der Waals surface area contributed by atoms with Crippen molar-refractivity contribution in [1.29, 1.82) is 0 Å². The highest BCUT2D eigenvalue weighted by Gasteiger charge is 2.26. The van der Waals surface area contributed by atoms with E-state index in [1.807, 2.05) is 6.07 Å². The Kier molecular flexibility index (Phi) is 2.86. The largest absolute Gasteiger partial charge is 0.375 e. The van der Waals surface area contributed by atoms with Crippen molar-refractivity contribution in [3.63, 3.8) is 0 Å². The first kappa shape index (κ1) is 10.8. The smallest absolute Gasteiger partial charge is 0.193 e. The topological polar surface area (TPSA) is 13.6 Å². The van der Waals surface area contributed by atoms with Gasteiger partial charge in [-0.05, 0) is 55.2 Å². The molecule has 17 heavy (non-hydrogen) atoms. The molecule has 2 aliphatic rings. The molecule has 88 valence electrons. The molecule has 0 bridgehead atoms. The van der Waals surface area contributed by atoms with Crippen molar-refractivity contribution in [3.8, 4) is 0 Å². The summed E-state index contributed by atoms with van der Waals surface area (Å²) in [4.78, 5) is 3.69. The number of ether oxygens (including phenoxy) is 1. The van der Waals surface area contributed by atoms with E-state index in [1.165, 1.54) is 36.0 Å². The first-order valence-electron chi connectivity index (χ1n) is 6.54. The molecule has 0 N–H and O–H groups in total. The third-order valence-corrected chi connectivity index (χ3v) is 3.93. The van der Waals surface area contributed by atoms with E-state index in [9.17, 15) is 0 Å². The standard InChI is InChI=1S/C15H17NO/c1-16-13-9-8-11-5-2-3-6-12(11)15(13)14-7-4-10-17-14/h8-9,14H,2-7,10H2/t14-/m1/s1. The van der Waals surface area contributed by atoms with Gasteiger partial charge in [-0.3, -0.25) is 0 Å². The van der Waals surface area contributed by atoms with Gasteiger partial charge in [-0.15, -0.1) is 0 Å². The van der Waals surface area contributed by atoms with Gasteiger partial charge in [0.1, 0.15) is 0 Å². The van der Waals surface area contributed by atoms with Crippen molar-refractivity contribution < 1.29 is 4.74 Å². The molecule has 0 spiro atoms. The fourth-order valence-corrected chi connectivity index (χ4v) is 3.11. The summed E-state index contributed by atoms with van der Waals surface area (Å²) in [6.45, 7) is 8.19. The molecule has 0 radical (unpaired) electrons. The normalized spacial score (nSPS) is 23.1. The molecule has 0 amide bonds. The predicted molar refractivity (Wildman–Crippen MR) is 67.3 cm³/mol. The zero-order chi connectivity index (χ0) is 11.7. The van der Waals surface area contributed by atoms with Crippen LogP contribution < -0.4 is 0 Å². The van der Waals surface area contributed by atoms with Crippen molar-refractivity contribution in [3.05, 3.63) is 40.2 Å². The van der Waals surface area contributed by atoms with Crippen molar-refractivity contribution in [2.24, 2.45) is 0 Å². The lowest BCUT2D eigenvalue weighted by atomic mass is 9.85. The van der Waals surface area contributed by atoms with Crippen LogP contribution in [0.25, 0.3) is 4.85 Å². The maximum absolute atomic E-state index is 7.34. The molecule has 1 fully saturated rings. The Morgan fingerprint density at radius 1 is 1.18 bits per heavy atom. The van der Waals surface area contributed by atoms with Gasteiger partial charge in [-0.25, -0.2) is 4.85 Å². The fourth-order valence-electron chi connectivity index (χ4n) is 3.11. The fraction of sp³-hybridized carbons (Fsp3) is 0.533. The lowest BCUT2D eigenvalue weighted by Gasteiger charge is -2.23. The highest BCUT2D eigenvalue weighted by molar-refractivity contribution is 5.59. The molecule has 1 atom stereocenters. The third kappa shape index (κ3) is 1.85. The van der Waals surface area contributed by atoms with E-state index in [-0.39, 0.29) is 6.10 Å². The van der Waals surface area contributed by atoms with Crippen LogP contribution in [0.15, 0.2) is 12.1 Å². The number of hydrogen-bond acceptors (Lipinski definition) is 1. The van der Waals surface area contributed by atoms with E-state index in [0.717, 1.165) is 31.6 Å². The van der Waals surface area contributed by atoms with Gasteiger partial charge in [0.15, 0.2) is 5.69 Å². The minimum absolute atomic E-state index is 0.187. The Hall–Kier alpha value is -1.33. The highest BCUT2D eigenvalue weighted by Crippen LogP contribution is 2.40. The first-order chi connectivity index (χ1) is 8.40. The van der Waals surface area contributed by atoms with E-state index in [0.29, 0.717) is 0 Å². The molecule has 0 unspecified atom stereocenters. The van der Waals surface area contributed by atoms with Gasteiger partial charge in [0, 0.05) is 6.61 Å². The summed E-state index contributed by atoms with van der Waals surface area (Å²) in [6, 6.07) is 4.15. The Morgan fingerprint density at radius 2 is 2.06 bits per heavy atom. The van der Waals surface area contributed by atoms with Crippen molar-refractivity contribution in [2.75, 3.05) is 6.61 Å². The van der Waals surface area contributed by atoms with E-state index in [1.54, 1.807) is 0 Å². The molecule has 1 saturated heterocycles. The van der Waals surface area contributed by atoms with Crippen LogP contribution in [0.3, 0.4) is 0 Å². The monoisotopic (exact) mass is 227 g/mol. The van der Waals surface area contributed by atoms with Crippen LogP contribution in [0, 0.1) is 6.57 Å². The second-order valence-corrected chi connectivity index (χ2v) is 4.96. The van der Waals surface area contributed by atoms with Crippen molar-refractivity contribution in [2.45, 2.75) is 44.6 Å². The highest BCUT2D eigenvalue weighted by atomic mass is 16.5. The summed E-state index contributed by atoms with van der Waals surface area (Å²) in [6.07, 6.45) is 7.25. The molecule has 1 heterocycles. The molecular formula is C15H17NO. The van der Waals surface area contributed by atoms with Gasteiger partial charge in [-0.2, -0.15) is 0 Å². The second-order valence-electron chi connectivity index (χ2n) is 4.96. The Bertz CT molecular complexity index is 467. The van der Waals surface area contributed by atoms with E-state index in [4.69, 9.17) is 11.3 Å². The molecule has 2 heteroatoms. The number of rotatable bonds is 1. The summed E-state index contributed by atoms with van der Waals surface area (Å²) in [7, 11) is 0. The summed E-state index contributed by atoms with van der Waals surface area (Å²) >= 11 is 0. The van der Waals surface area contributed by atoms with Crippen LogP contribution in [0.4, 0.5) is 5.69 Å². The molecule has 1 aromatic rings. The van der Waals surface area contributed by atoms with Gasteiger partial charge >= 0.3 is 0 Å². The quantitative estimate of drug-likeness (QED) is 0.662. The van der Waals surface area contributed by atoms with Crippen molar-refractivity contribution in [1.82, 2.24) is 0 Å². The SMILES string of the molecule is [C-]#[N+]c1ccc2c(c1[C@H]1CCCO1)CCCC2. The average Bonchev–Trinajstić information content (AvgIpc) is 2.91. The number of fused-ring (bicyclic) bond motifs is 1. The number of nitrogens with zero attached hydrogens (tertiary/aromatic N) is 1.